The highest BCUT2D eigenvalue weighted by atomic mass is 31.1. The second-order valence-corrected chi connectivity index (χ2v) is 7.23. The number of phenolic OH excluding ortho intramolecular Hbond substituents is 2. The smallest absolute Gasteiger partial charge is 0.415 e. The molecule has 26 heavy (non-hydrogen) atoms. The highest BCUT2D eigenvalue weighted by Crippen LogP contribution is 2.25. The molecule has 0 aromatic heterocycles. The Labute approximate surface area is 153 Å². The molecule has 128 valence electrons. The van der Waals surface area contributed by atoms with Crippen molar-refractivity contribution in [1.29, 1.82) is 0 Å². The Balaban J connectivity index is 0.000000236. The van der Waals surface area contributed by atoms with Gasteiger partial charge in [0.25, 0.3) is 0 Å². The summed E-state index contributed by atoms with van der Waals surface area (Å²) in [4.78, 5) is 0. The van der Waals surface area contributed by atoms with Crippen molar-refractivity contribution in [2.45, 2.75) is 0 Å². The molecule has 3 nitrogen and oxygen atoms in total. The maximum atomic E-state index is 12.6. The van der Waals surface area contributed by atoms with E-state index in [0.29, 0.717) is 5.75 Å². The molecule has 0 aliphatic rings. The van der Waals surface area contributed by atoms with Gasteiger partial charge < -0.3 is 10.2 Å². The lowest BCUT2D eigenvalue weighted by Gasteiger charge is -1.97. The van der Waals surface area contributed by atoms with Crippen molar-refractivity contribution in [1.82, 2.24) is 0 Å². The molecule has 0 saturated heterocycles. The van der Waals surface area contributed by atoms with Crippen molar-refractivity contribution in [2.75, 3.05) is 0 Å². The van der Waals surface area contributed by atoms with E-state index in [4.69, 9.17) is 5.11 Å². The van der Waals surface area contributed by atoms with Crippen LogP contribution in [0.3, 0.4) is 0 Å². The molecule has 4 heteroatoms. The number of benzene rings is 4. The Morgan fingerprint density at radius 2 is 1.15 bits per heavy atom. The highest BCUT2D eigenvalue weighted by Gasteiger charge is 2.25. The molecule has 0 aliphatic heterocycles. The molecule has 0 fully saturated rings. The van der Waals surface area contributed by atoms with Gasteiger partial charge in [-0.15, -0.1) is 0 Å². The Bertz CT molecular complexity index is 1010. The first-order chi connectivity index (χ1) is 12.6. The zero-order valence-electron chi connectivity index (χ0n) is 14.0. The van der Waals surface area contributed by atoms with Gasteiger partial charge in [0.2, 0.25) is 5.30 Å². The number of phenols is 2. The molecule has 1 unspecified atom stereocenters. The Morgan fingerprint density at radius 1 is 0.577 bits per heavy atom. The van der Waals surface area contributed by atoms with Gasteiger partial charge in [-0.05, 0) is 53.9 Å². The molecule has 4 aromatic carbocycles. The molecular formula is C22H18O3P+. The van der Waals surface area contributed by atoms with Gasteiger partial charge in [0.15, 0.2) is 5.30 Å². The maximum Gasteiger partial charge on any atom is 0.415 e. The lowest BCUT2D eigenvalue weighted by Crippen LogP contribution is -2.07. The van der Waals surface area contributed by atoms with Crippen molar-refractivity contribution in [2.24, 2.45) is 0 Å². The van der Waals surface area contributed by atoms with Crippen LogP contribution >= 0.6 is 7.80 Å². The van der Waals surface area contributed by atoms with Crippen molar-refractivity contribution < 1.29 is 14.8 Å². The summed E-state index contributed by atoms with van der Waals surface area (Å²) in [5.74, 6) is 0.507. The standard InChI is InChI=1S/C16H11O2P.C6H6O/c17-13-8-10-14(11-9-13)19(18)16-7-3-5-12-4-1-2-6-15(12)16;7-6-4-2-1-3-5-6/h1-11H;1-5,7H/p+1. The van der Waals surface area contributed by atoms with Crippen LogP contribution in [0.2, 0.25) is 0 Å². The van der Waals surface area contributed by atoms with E-state index in [1.165, 1.54) is 0 Å². The number of hydrogen-bond donors (Lipinski definition) is 2. The molecule has 1 atom stereocenters. The third-order valence-electron chi connectivity index (χ3n) is 3.83. The van der Waals surface area contributed by atoms with E-state index in [1.54, 1.807) is 48.5 Å². The summed E-state index contributed by atoms with van der Waals surface area (Å²) in [5, 5.41) is 21.6. The topological polar surface area (TPSA) is 57.5 Å². The first kappa shape index (κ1) is 17.7. The fraction of sp³-hybridized carbons (Fsp3) is 0. The summed E-state index contributed by atoms with van der Waals surface area (Å²) in [7, 11) is -1.64. The summed E-state index contributed by atoms with van der Waals surface area (Å²) < 4.78 is 12.6. The van der Waals surface area contributed by atoms with Crippen LogP contribution in [0.5, 0.6) is 11.5 Å². The second kappa shape index (κ2) is 8.28. The van der Waals surface area contributed by atoms with Crippen molar-refractivity contribution >= 4 is 29.2 Å². The molecule has 0 amide bonds. The van der Waals surface area contributed by atoms with E-state index < -0.39 is 7.80 Å². The molecule has 0 heterocycles. The zero-order chi connectivity index (χ0) is 18.4. The minimum absolute atomic E-state index is 0.185. The number of fused-ring (bicyclic) bond motifs is 1. The van der Waals surface area contributed by atoms with Crippen LogP contribution in [0.15, 0.2) is 97.1 Å². The summed E-state index contributed by atoms with van der Waals surface area (Å²) in [6, 6.07) is 29.0. The van der Waals surface area contributed by atoms with Crippen molar-refractivity contribution in [3.63, 3.8) is 0 Å². The quantitative estimate of drug-likeness (QED) is 0.508. The van der Waals surface area contributed by atoms with Crippen molar-refractivity contribution in [3.05, 3.63) is 97.1 Å². The van der Waals surface area contributed by atoms with Gasteiger partial charge in [-0.25, -0.2) is 0 Å². The lowest BCUT2D eigenvalue weighted by atomic mass is 10.1. The fourth-order valence-electron chi connectivity index (χ4n) is 2.54. The average molecular weight is 361 g/mol. The SMILES string of the molecule is O=[P+](c1ccc(O)cc1)c1cccc2ccccc12.Oc1ccccc1. The number of hydrogen-bond acceptors (Lipinski definition) is 3. The first-order valence-corrected chi connectivity index (χ1v) is 9.39. The summed E-state index contributed by atoms with van der Waals surface area (Å²) in [5.41, 5.74) is 0. The van der Waals surface area contributed by atoms with Crippen LogP contribution < -0.4 is 10.6 Å². The van der Waals surface area contributed by atoms with Gasteiger partial charge in [-0.3, -0.25) is 0 Å². The molecule has 0 aliphatic carbocycles. The molecule has 0 radical (unpaired) electrons. The van der Waals surface area contributed by atoms with Crippen LogP contribution in [0.25, 0.3) is 10.8 Å². The van der Waals surface area contributed by atoms with E-state index in [1.807, 2.05) is 48.5 Å². The van der Waals surface area contributed by atoms with Crippen LogP contribution in [0, 0.1) is 0 Å². The molecule has 4 rings (SSSR count). The third-order valence-corrected chi connectivity index (χ3v) is 5.42. The molecule has 4 aromatic rings. The molecule has 2 N–H and O–H groups in total. The van der Waals surface area contributed by atoms with Gasteiger partial charge in [0, 0.05) is 5.39 Å². The predicted octanol–water partition coefficient (Wildman–Crippen LogP) is 4.72. The van der Waals surface area contributed by atoms with Crippen LogP contribution in [-0.2, 0) is 4.57 Å². The molecule has 0 bridgehead atoms. The fourth-order valence-corrected chi connectivity index (χ4v) is 3.88. The van der Waals surface area contributed by atoms with Gasteiger partial charge in [0.05, 0.1) is 0 Å². The number of para-hydroxylation sites is 1. The summed E-state index contributed by atoms with van der Waals surface area (Å²) in [6.07, 6.45) is 0. The van der Waals surface area contributed by atoms with Crippen molar-refractivity contribution in [3.8, 4) is 11.5 Å². The largest absolute Gasteiger partial charge is 0.508 e. The molecular weight excluding hydrogens is 343 g/mol. The molecule has 0 saturated carbocycles. The summed E-state index contributed by atoms with van der Waals surface area (Å²) in [6.45, 7) is 0. The van der Waals surface area contributed by atoms with E-state index in [2.05, 4.69) is 0 Å². The number of rotatable bonds is 2. The summed E-state index contributed by atoms with van der Waals surface area (Å²) >= 11 is 0. The Hall–Kier alpha value is -3.16. The minimum atomic E-state index is -1.64. The minimum Gasteiger partial charge on any atom is -0.508 e. The average Bonchev–Trinajstić information content (AvgIpc) is 2.69. The van der Waals surface area contributed by atoms with E-state index in [9.17, 15) is 9.67 Å². The van der Waals surface area contributed by atoms with Crippen LogP contribution in [0.1, 0.15) is 0 Å². The predicted molar refractivity (Wildman–Crippen MR) is 107 cm³/mol. The molecule has 0 spiro atoms. The third kappa shape index (κ3) is 4.27. The van der Waals surface area contributed by atoms with Gasteiger partial charge in [0.1, 0.15) is 11.5 Å². The van der Waals surface area contributed by atoms with E-state index in [-0.39, 0.29) is 5.75 Å². The monoisotopic (exact) mass is 361 g/mol. The normalized spacial score (nSPS) is 10.7. The first-order valence-electron chi connectivity index (χ1n) is 8.13. The Kier molecular flexibility index (Phi) is 5.62. The van der Waals surface area contributed by atoms with Gasteiger partial charge in [-0.1, -0.05) is 53.1 Å². The van der Waals surface area contributed by atoms with Crippen LogP contribution in [-0.4, -0.2) is 10.2 Å². The number of aromatic hydroxyl groups is 2. The van der Waals surface area contributed by atoms with E-state index >= 15 is 0 Å². The second-order valence-electron chi connectivity index (χ2n) is 5.64. The Morgan fingerprint density at radius 3 is 1.81 bits per heavy atom. The van der Waals surface area contributed by atoms with Crippen LogP contribution in [0.4, 0.5) is 0 Å². The zero-order valence-corrected chi connectivity index (χ0v) is 14.9. The maximum absolute atomic E-state index is 12.6. The van der Waals surface area contributed by atoms with E-state index in [0.717, 1.165) is 21.4 Å². The van der Waals surface area contributed by atoms with Gasteiger partial charge in [-0.2, -0.15) is 0 Å². The highest BCUT2D eigenvalue weighted by molar-refractivity contribution is 7.62. The lowest BCUT2D eigenvalue weighted by molar-refractivity contribution is 0.475. The van der Waals surface area contributed by atoms with Gasteiger partial charge >= 0.3 is 7.80 Å².